The van der Waals surface area contributed by atoms with Crippen molar-refractivity contribution in [2.24, 2.45) is 0 Å². The Labute approximate surface area is 131 Å². The lowest BCUT2D eigenvalue weighted by molar-refractivity contribution is 0.0951. The van der Waals surface area contributed by atoms with E-state index in [0.717, 1.165) is 11.3 Å². The highest BCUT2D eigenvalue weighted by atomic mass is 35.5. The molecular formula is C15H12ClN5O. The topological polar surface area (TPSA) is 72.7 Å². The van der Waals surface area contributed by atoms with E-state index in [1.165, 1.54) is 11.0 Å². The number of benzene rings is 2. The summed E-state index contributed by atoms with van der Waals surface area (Å²) in [4.78, 5) is 12.1. The van der Waals surface area contributed by atoms with Gasteiger partial charge in [0.05, 0.1) is 5.69 Å². The van der Waals surface area contributed by atoms with Gasteiger partial charge in [0.1, 0.15) is 6.33 Å². The van der Waals surface area contributed by atoms with Crippen molar-refractivity contribution in [2.75, 3.05) is 0 Å². The van der Waals surface area contributed by atoms with Crippen molar-refractivity contribution in [3.8, 4) is 5.69 Å². The van der Waals surface area contributed by atoms with E-state index in [0.29, 0.717) is 17.1 Å². The second kappa shape index (κ2) is 6.36. The lowest BCUT2D eigenvalue weighted by atomic mass is 10.2. The van der Waals surface area contributed by atoms with Crippen LogP contribution in [-0.2, 0) is 6.54 Å². The van der Waals surface area contributed by atoms with Gasteiger partial charge in [-0.05, 0) is 52.4 Å². The van der Waals surface area contributed by atoms with Crippen molar-refractivity contribution in [1.82, 2.24) is 25.5 Å². The van der Waals surface area contributed by atoms with Crippen LogP contribution in [0.4, 0.5) is 0 Å². The summed E-state index contributed by atoms with van der Waals surface area (Å²) in [6.45, 7) is 0.449. The second-order valence-electron chi connectivity index (χ2n) is 4.61. The van der Waals surface area contributed by atoms with Crippen LogP contribution in [0, 0.1) is 0 Å². The van der Waals surface area contributed by atoms with Gasteiger partial charge < -0.3 is 5.32 Å². The molecule has 0 saturated carbocycles. The van der Waals surface area contributed by atoms with Crippen LogP contribution >= 0.6 is 11.6 Å². The zero-order chi connectivity index (χ0) is 15.4. The SMILES string of the molecule is O=C(NCc1ccc(Cl)cc1)c1ccc(-n2cnnn2)cc1. The minimum Gasteiger partial charge on any atom is -0.348 e. The van der Waals surface area contributed by atoms with Crippen molar-refractivity contribution in [2.45, 2.75) is 6.54 Å². The molecule has 0 radical (unpaired) electrons. The molecule has 3 aromatic rings. The van der Waals surface area contributed by atoms with Gasteiger partial charge in [0.25, 0.3) is 5.91 Å². The molecule has 0 fully saturated rings. The Bertz CT molecular complexity index is 754. The summed E-state index contributed by atoms with van der Waals surface area (Å²) >= 11 is 5.82. The Hall–Kier alpha value is -2.73. The molecule has 2 aromatic carbocycles. The molecule has 0 unspecified atom stereocenters. The molecule has 22 heavy (non-hydrogen) atoms. The summed E-state index contributed by atoms with van der Waals surface area (Å²) in [5.41, 5.74) is 2.35. The van der Waals surface area contributed by atoms with Gasteiger partial charge >= 0.3 is 0 Å². The number of nitrogens with one attached hydrogen (secondary N) is 1. The Morgan fingerprint density at radius 1 is 1.09 bits per heavy atom. The quantitative estimate of drug-likeness (QED) is 0.802. The molecule has 0 atom stereocenters. The van der Waals surface area contributed by atoms with Crippen molar-refractivity contribution >= 4 is 17.5 Å². The van der Waals surface area contributed by atoms with Crippen molar-refractivity contribution in [1.29, 1.82) is 0 Å². The van der Waals surface area contributed by atoms with Crippen LogP contribution in [-0.4, -0.2) is 26.1 Å². The monoisotopic (exact) mass is 313 g/mol. The van der Waals surface area contributed by atoms with Gasteiger partial charge in [0.2, 0.25) is 0 Å². The third-order valence-electron chi connectivity index (χ3n) is 3.11. The lowest BCUT2D eigenvalue weighted by Crippen LogP contribution is -2.22. The third kappa shape index (κ3) is 3.29. The maximum Gasteiger partial charge on any atom is 0.251 e. The highest BCUT2D eigenvalue weighted by molar-refractivity contribution is 6.30. The van der Waals surface area contributed by atoms with Crippen molar-refractivity contribution in [3.05, 3.63) is 71.0 Å². The average Bonchev–Trinajstić information content (AvgIpc) is 3.09. The number of rotatable bonds is 4. The maximum absolute atomic E-state index is 12.1. The van der Waals surface area contributed by atoms with Gasteiger partial charge in [-0.2, -0.15) is 0 Å². The fraction of sp³-hybridized carbons (Fsp3) is 0.0667. The molecule has 0 bridgehead atoms. The Kier molecular flexibility index (Phi) is 4.11. The Morgan fingerprint density at radius 2 is 1.82 bits per heavy atom. The molecule has 0 aliphatic heterocycles. The van der Waals surface area contributed by atoms with Gasteiger partial charge in [0, 0.05) is 17.1 Å². The van der Waals surface area contributed by atoms with E-state index < -0.39 is 0 Å². The minimum atomic E-state index is -0.141. The minimum absolute atomic E-state index is 0.141. The molecule has 1 aromatic heterocycles. The summed E-state index contributed by atoms with van der Waals surface area (Å²) in [5.74, 6) is -0.141. The van der Waals surface area contributed by atoms with Crippen LogP contribution in [0.15, 0.2) is 54.9 Å². The number of aromatic nitrogens is 4. The van der Waals surface area contributed by atoms with E-state index in [4.69, 9.17) is 11.6 Å². The van der Waals surface area contributed by atoms with E-state index in [9.17, 15) is 4.79 Å². The summed E-state index contributed by atoms with van der Waals surface area (Å²) in [6, 6.07) is 14.4. The van der Waals surface area contributed by atoms with Gasteiger partial charge in [0.15, 0.2) is 0 Å². The van der Waals surface area contributed by atoms with E-state index in [1.807, 2.05) is 12.1 Å². The largest absolute Gasteiger partial charge is 0.348 e. The van der Waals surface area contributed by atoms with Gasteiger partial charge in [-0.25, -0.2) is 4.68 Å². The molecule has 6 nitrogen and oxygen atoms in total. The molecule has 0 aliphatic carbocycles. The number of amides is 1. The summed E-state index contributed by atoms with van der Waals surface area (Å²) in [6.07, 6.45) is 1.50. The molecule has 0 spiro atoms. The number of carbonyl (C=O) groups is 1. The van der Waals surface area contributed by atoms with Crippen LogP contribution in [0.3, 0.4) is 0 Å². The highest BCUT2D eigenvalue weighted by Crippen LogP contribution is 2.10. The first-order valence-corrected chi connectivity index (χ1v) is 6.96. The number of halogens is 1. The van der Waals surface area contributed by atoms with Crippen LogP contribution < -0.4 is 5.32 Å². The number of hydrogen-bond donors (Lipinski definition) is 1. The van der Waals surface area contributed by atoms with Gasteiger partial charge in [-0.3, -0.25) is 4.79 Å². The van der Waals surface area contributed by atoms with Gasteiger partial charge in [-0.15, -0.1) is 5.10 Å². The standard InChI is InChI=1S/C15H12ClN5O/c16-13-5-1-11(2-6-13)9-17-15(22)12-3-7-14(8-4-12)21-10-18-19-20-21/h1-8,10H,9H2,(H,17,22). The Balaban J connectivity index is 1.63. The first kappa shape index (κ1) is 14.2. The summed E-state index contributed by atoms with van der Waals surface area (Å²) < 4.78 is 1.52. The highest BCUT2D eigenvalue weighted by Gasteiger charge is 2.06. The van der Waals surface area contributed by atoms with E-state index in [1.54, 1.807) is 36.4 Å². The van der Waals surface area contributed by atoms with Crippen LogP contribution in [0.1, 0.15) is 15.9 Å². The lowest BCUT2D eigenvalue weighted by Gasteiger charge is -2.06. The summed E-state index contributed by atoms with van der Waals surface area (Å²) in [5, 5.41) is 14.5. The van der Waals surface area contributed by atoms with Crippen LogP contribution in [0.25, 0.3) is 5.69 Å². The van der Waals surface area contributed by atoms with E-state index in [2.05, 4.69) is 20.8 Å². The number of hydrogen-bond acceptors (Lipinski definition) is 4. The van der Waals surface area contributed by atoms with Crippen molar-refractivity contribution in [3.63, 3.8) is 0 Å². The molecule has 1 N–H and O–H groups in total. The van der Waals surface area contributed by atoms with E-state index >= 15 is 0 Å². The zero-order valence-electron chi connectivity index (χ0n) is 11.5. The summed E-state index contributed by atoms with van der Waals surface area (Å²) in [7, 11) is 0. The molecule has 1 amide bonds. The number of nitrogens with zero attached hydrogens (tertiary/aromatic N) is 4. The third-order valence-corrected chi connectivity index (χ3v) is 3.36. The Morgan fingerprint density at radius 3 is 2.45 bits per heavy atom. The smallest absolute Gasteiger partial charge is 0.251 e. The number of carbonyl (C=O) groups excluding carboxylic acids is 1. The number of tetrazole rings is 1. The zero-order valence-corrected chi connectivity index (χ0v) is 12.2. The first-order valence-electron chi connectivity index (χ1n) is 6.58. The predicted molar refractivity (Wildman–Crippen MR) is 81.8 cm³/mol. The molecule has 110 valence electrons. The van der Waals surface area contributed by atoms with Crippen molar-refractivity contribution < 1.29 is 4.79 Å². The van der Waals surface area contributed by atoms with Crippen LogP contribution in [0.5, 0.6) is 0 Å². The molecule has 0 aliphatic rings. The maximum atomic E-state index is 12.1. The average molecular weight is 314 g/mol. The van der Waals surface area contributed by atoms with E-state index in [-0.39, 0.29) is 5.91 Å². The molecule has 0 saturated heterocycles. The fourth-order valence-corrected chi connectivity index (χ4v) is 2.06. The molecular weight excluding hydrogens is 302 g/mol. The predicted octanol–water partition coefficient (Wildman–Crippen LogP) is 2.25. The first-order chi connectivity index (χ1) is 10.7. The normalized spacial score (nSPS) is 10.4. The fourth-order valence-electron chi connectivity index (χ4n) is 1.93. The second-order valence-corrected chi connectivity index (χ2v) is 5.05. The van der Waals surface area contributed by atoms with Gasteiger partial charge in [-0.1, -0.05) is 23.7 Å². The molecule has 7 heteroatoms. The molecule has 1 heterocycles. The van der Waals surface area contributed by atoms with Crippen LogP contribution in [0.2, 0.25) is 5.02 Å². The molecule has 3 rings (SSSR count).